The van der Waals surface area contributed by atoms with Crippen LogP contribution in [0, 0.1) is 11.7 Å². The summed E-state index contributed by atoms with van der Waals surface area (Å²) in [5.41, 5.74) is 0.647. The molecule has 2 aliphatic rings. The molecule has 1 amide bonds. The van der Waals surface area contributed by atoms with Crippen molar-refractivity contribution in [2.45, 2.75) is 43.9 Å². The lowest BCUT2D eigenvalue weighted by molar-refractivity contribution is -0.131. The van der Waals surface area contributed by atoms with E-state index in [2.05, 4.69) is 0 Å². The Morgan fingerprint density at radius 2 is 2.05 bits per heavy atom. The van der Waals surface area contributed by atoms with E-state index in [4.69, 9.17) is 0 Å². The number of carbonyl (C=O) groups excluding carboxylic acids is 1. The Balaban J connectivity index is 1.63. The average molecular weight is 307 g/mol. The zero-order chi connectivity index (χ0) is 14.7. The van der Waals surface area contributed by atoms with Gasteiger partial charge in [0.1, 0.15) is 11.2 Å². The lowest BCUT2D eigenvalue weighted by Crippen LogP contribution is -2.30. The van der Waals surface area contributed by atoms with Crippen molar-refractivity contribution in [1.29, 1.82) is 0 Å². The van der Waals surface area contributed by atoms with Gasteiger partial charge in [-0.1, -0.05) is 43.9 Å². The van der Waals surface area contributed by atoms with E-state index in [9.17, 15) is 9.18 Å². The van der Waals surface area contributed by atoms with Crippen LogP contribution in [0.5, 0.6) is 0 Å². The summed E-state index contributed by atoms with van der Waals surface area (Å²) in [5.74, 6) is 1.62. The van der Waals surface area contributed by atoms with Crippen molar-refractivity contribution < 1.29 is 9.18 Å². The molecule has 1 saturated carbocycles. The highest BCUT2D eigenvalue weighted by Gasteiger charge is 2.32. The zero-order valence-corrected chi connectivity index (χ0v) is 13.1. The number of thioether (sulfide) groups is 1. The summed E-state index contributed by atoms with van der Waals surface area (Å²) < 4.78 is 14.0. The van der Waals surface area contributed by atoms with Gasteiger partial charge in [0.25, 0.3) is 0 Å². The third kappa shape index (κ3) is 3.42. The molecular weight excluding hydrogens is 285 g/mol. The molecule has 0 aromatic heterocycles. The Kier molecular flexibility index (Phi) is 4.84. The number of halogens is 1. The molecule has 1 heterocycles. The molecule has 0 unspecified atom stereocenters. The van der Waals surface area contributed by atoms with Crippen molar-refractivity contribution in [3.63, 3.8) is 0 Å². The predicted octanol–water partition coefficient (Wildman–Crippen LogP) is 4.37. The van der Waals surface area contributed by atoms with Gasteiger partial charge in [-0.05, 0) is 18.4 Å². The Morgan fingerprint density at radius 1 is 1.29 bits per heavy atom. The number of rotatable bonds is 4. The Hall–Kier alpha value is -1.03. The second-order valence-corrected chi connectivity index (χ2v) is 7.21. The lowest BCUT2D eigenvalue weighted by Gasteiger charge is -2.25. The van der Waals surface area contributed by atoms with Crippen LogP contribution in [0.1, 0.15) is 49.5 Å². The molecule has 2 nitrogen and oxygen atoms in total. The van der Waals surface area contributed by atoms with Gasteiger partial charge in [-0.3, -0.25) is 4.79 Å². The van der Waals surface area contributed by atoms with E-state index in [-0.39, 0.29) is 17.1 Å². The summed E-state index contributed by atoms with van der Waals surface area (Å²) in [6, 6.07) is 6.83. The first-order valence-electron chi connectivity index (χ1n) is 7.91. The molecule has 1 saturated heterocycles. The van der Waals surface area contributed by atoms with Crippen molar-refractivity contribution in [3.05, 3.63) is 35.6 Å². The molecule has 0 N–H and O–H groups in total. The number of carbonyl (C=O) groups is 1. The van der Waals surface area contributed by atoms with Gasteiger partial charge in [0, 0.05) is 24.3 Å². The van der Waals surface area contributed by atoms with Crippen LogP contribution in [0.2, 0.25) is 0 Å². The number of amides is 1. The SMILES string of the molecule is O=C(CCC1CCCC1)N1CCS[C@@H]1c1ccccc1F. The summed E-state index contributed by atoms with van der Waals surface area (Å²) in [5, 5.41) is -0.137. The van der Waals surface area contributed by atoms with E-state index in [0.717, 1.165) is 24.6 Å². The molecule has 21 heavy (non-hydrogen) atoms. The molecule has 1 aliphatic heterocycles. The fourth-order valence-electron chi connectivity index (χ4n) is 3.43. The van der Waals surface area contributed by atoms with Gasteiger partial charge < -0.3 is 4.90 Å². The highest BCUT2D eigenvalue weighted by Crippen LogP contribution is 2.39. The standard InChI is InChI=1S/C17H22FNOS/c18-15-8-4-3-7-14(15)17-19(11-12-21-17)16(20)10-9-13-5-1-2-6-13/h3-4,7-8,13,17H,1-2,5-6,9-12H2/t17-/m1/s1. The van der Waals surface area contributed by atoms with Gasteiger partial charge in [0.05, 0.1) is 0 Å². The monoisotopic (exact) mass is 307 g/mol. The molecule has 3 rings (SSSR count). The lowest BCUT2D eigenvalue weighted by atomic mass is 10.0. The predicted molar refractivity (Wildman–Crippen MR) is 84.5 cm³/mol. The van der Waals surface area contributed by atoms with Crippen molar-refractivity contribution >= 4 is 17.7 Å². The minimum Gasteiger partial charge on any atom is -0.326 e. The van der Waals surface area contributed by atoms with Gasteiger partial charge >= 0.3 is 0 Å². The van der Waals surface area contributed by atoms with Crippen LogP contribution in [-0.2, 0) is 4.79 Å². The van der Waals surface area contributed by atoms with Gasteiger partial charge in [0.15, 0.2) is 0 Å². The van der Waals surface area contributed by atoms with Crippen LogP contribution < -0.4 is 0 Å². The summed E-state index contributed by atoms with van der Waals surface area (Å²) in [7, 11) is 0. The molecule has 0 spiro atoms. The van der Waals surface area contributed by atoms with E-state index in [1.165, 1.54) is 31.7 Å². The largest absolute Gasteiger partial charge is 0.326 e. The van der Waals surface area contributed by atoms with Crippen molar-refractivity contribution in [2.24, 2.45) is 5.92 Å². The fourth-order valence-corrected chi connectivity index (χ4v) is 4.73. The quantitative estimate of drug-likeness (QED) is 0.823. The molecular formula is C17H22FNOS. The van der Waals surface area contributed by atoms with E-state index < -0.39 is 0 Å². The normalized spacial score (nSPS) is 22.9. The van der Waals surface area contributed by atoms with Gasteiger partial charge in [0.2, 0.25) is 5.91 Å². The first-order chi connectivity index (χ1) is 10.3. The molecule has 114 valence electrons. The molecule has 0 radical (unpaired) electrons. The van der Waals surface area contributed by atoms with Crippen molar-refractivity contribution in [2.75, 3.05) is 12.3 Å². The van der Waals surface area contributed by atoms with E-state index in [1.807, 2.05) is 11.0 Å². The molecule has 0 bridgehead atoms. The Bertz CT molecular complexity index is 501. The molecule has 4 heteroatoms. The summed E-state index contributed by atoms with van der Waals surface area (Å²) in [6.45, 7) is 0.743. The second kappa shape index (κ2) is 6.82. The van der Waals surface area contributed by atoms with Crippen LogP contribution in [0.4, 0.5) is 4.39 Å². The third-order valence-electron chi connectivity index (χ3n) is 4.62. The summed E-state index contributed by atoms with van der Waals surface area (Å²) >= 11 is 1.67. The molecule has 1 aliphatic carbocycles. The fraction of sp³-hybridized carbons (Fsp3) is 0.588. The highest BCUT2D eigenvalue weighted by molar-refractivity contribution is 7.99. The maximum absolute atomic E-state index is 14.0. The minimum absolute atomic E-state index is 0.137. The number of hydrogen-bond donors (Lipinski definition) is 0. The second-order valence-electron chi connectivity index (χ2n) is 6.02. The Labute approximate surface area is 130 Å². The van der Waals surface area contributed by atoms with Crippen LogP contribution >= 0.6 is 11.8 Å². The maximum Gasteiger partial charge on any atom is 0.223 e. The van der Waals surface area contributed by atoms with E-state index in [0.29, 0.717) is 12.0 Å². The number of hydrogen-bond acceptors (Lipinski definition) is 2. The van der Waals surface area contributed by atoms with E-state index >= 15 is 0 Å². The van der Waals surface area contributed by atoms with Crippen molar-refractivity contribution in [1.82, 2.24) is 4.90 Å². The zero-order valence-electron chi connectivity index (χ0n) is 12.3. The van der Waals surface area contributed by atoms with Gasteiger partial charge in [-0.2, -0.15) is 0 Å². The third-order valence-corrected chi connectivity index (χ3v) is 5.87. The Morgan fingerprint density at radius 3 is 2.81 bits per heavy atom. The van der Waals surface area contributed by atoms with Gasteiger partial charge in [-0.15, -0.1) is 11.8 Å². The van der Waals surface area contributed by atoms with Crippen molar-refractivity contribution in [3.8, 4) is 0 Å². The maximum atomic E-state index is 14.0. The number of nitrogens with zero attached hydrogens (tertiary/aromatic N) is 1. The molecule has 1 aromatic rings. The summed E-state index contributed by atoms with van der Waals surface area (Å²) in [4.78, 5) is 14.4. The first-order valence-corrected chi connectivity index (χ1v) is 8.96. The number of benzene rings is 1. The molecule has 2 fully saturated rings. The molecule has 1 aromatic carbocycles. The average Bonchev–Trinajstić information content (AvgIpc) is 3.16. The van der Waals surface area contributed by atoms with Crippen LogP contribution in [0.15, 0.2) is 24.3 Å². The van der Waals surface area contributed by atoms with Crippen LogP contribution in [-0.4, -0.2) is 23.1 Å². The smallest absolute Gasteiger partial charge is 0.223 e. The van der Waals surface area contributed by atoms with E-state index in [1.54, 1.807) is 23.9 Å². The first kappa shape index (κ1) is 14.9. The van der Waals surface area contributed by atoms with Gasteiger partial charge in [-0.25, -0.2) is 4.39 Å². The van der Waals surface area contributed by atoms with Crippen LogP contribution in [0.25, 0.3) is 0 Å². The van der Waals surface area contributed by atoms with Crippen LogP contribution in [0.3, 0.4) is 0 Å². The molecule has 1 atom stereocenters. The summed E-state index contributed by atoms with van der Waals surface area (Å²) in [6.07, 6.45) is 6.81. The minimum atomic E-state index is -0.203. The topological polar surface area (TPSA) is 20.3 Å². The highest BCUT2D eigenvalue weighted by atomic mass is 32.2.